The van der Waals surface area contributed by atoms with Gasteiger partial charge in [-0.1, -0.05) is 56.3 Å². The van der Waals surface area contributed by atoms with Crippen LogP contribution in [0.2, 0.25) is 0 Å². The van der Waals surface area contributed by atoms with Crippen molar-refractivity contribution in [3.05, 3.63) is 47.6 Å². The topological polar surface area (TPSA) is 51.0 Å². The van der Waals surface area contributed by atoms with E-state index in [-0.39, 0.29) is 12.0 Å². The summed E-state index contributed by atoms with van der Waals surface area (Å²) >= 11 is 0. The zero-order valence-corrected chi connectivity index (χ0v) is 12.5. The van der Waals surface area contributed by atoms with E-state index >= 15 is 0 Å². The number of rotatable bonds is 7. The lowest BCUT2D eigenvalue weighted by Crippen LogP contribution is -2.25. The van der Waals surface area contributed by atoms with E-state index in [1.165, 1.54) is 5.56 Å². The second-order valence-electron chi connectivity index (χ2n) is 5.03. The molecule has 2 unspecified atom stereocenters. The summed E-state index contributed by atoms with van der Waals surface area (Å²) in [6.07, 6.45) is 1.90. The third kappa shape index (κ3) is 3.45. The van der Waals surface area contributed by atoms with Crippen LogP contribution in [0.15, 0.2) is 34.9 Å². The summed E-state index contributed by atoms with van der Waals surface area (Å²) in [5, 5.41) is 7.56. The minimum absolute atomic E-state index is 0.149. The van der Waals surface area contributed by atoms with Crippen LogP contribution in [-0.2, 0) is 6.42 Å². The van der Waals surface area contributed by atoms with Gasteiger partial charge < -0.3 is 9.84 Å². The quantitative estimate of drug-likeness (QED) is 0.839. The summed E-state index contributed by atoms with van der Waals surface area (Å²) in [6, 6.07) is 10.6. The molecule has 4 nitrogen and oxygen atoms in total. The van der Waals surface area contributed by atoms with Crippen LogP contribution >= 0.6 is 0 Å². The maximum absolute atomic E-state index is 5.43. The molecule has 1 heterocycles. The molecule has 0 bridgehead atoms. The molecule has 0 spiro atoms. The van der Waals surface area contributed by atoms with Crippen molar-refractivity contribution in [2.45, 2.75) is 45.6 Å². The minimum atomic E-state index is 0.149. The number of benzene rings is 1. The van der Waals surface area contributed by atoms with Crippen molar-refractivity contribution in [1.29, 1.82) is 0 Å². The van der Waals surface area contributed by atoms with Crippen molar-refractivity contribution < 1.29 is 4.52 Å². The van der Waals surface area contributed by atoms with E-state index in [0.29, 0.717) is 5.89 Å². The predicted octanol–water partition coefficient (Wildman–Crippen LogP) is 3.48. The maximum atomic E-state index is 5.43. The van der Waals surface area contributed by atoms with Crippen LogP contribution in [0.4, 0.5) is 0 Å². The number of likely N-dealkylation sites (N-methyl/N-ethyl adjacent to an activating group) is 1. The number of aromatic nitrogens is 2. The SMILES string of the molecule is CCCc1noc(C(C)C(NCC)c2ccccc2)n1. The van der Waals surface area contributed by atoms with Gasteiger partial charge in [-0.05, 0) is 18.5 Å². The van der Waals surface area contributed by atoms with Crippen molar-refractivity contribution >= 4 is 0 Å². The first-order valence-electron chi connectivity index (χ1n) is 7.37. The summed E-state index contributed by atoms with van der Waals surface area (Å²) in [6.45, 7) is 7.26. The van der Waals surface area contributed by atoms with Crippen molar-refractivity contribution in [3.8, 4) is 0 Å². The van der Waals surface area contributed by atoms with Crippen LogP contribution in [-0.4, -0.2) is 16.7 Å². The predicted molar refractivity (Wildman–Crippen MR) is 79.6 cm³/mol. The molecule has 108 valence electrons. The third-order valence-corrected chi connectivity index (χ3v) is 3.43. The van der Waals surface area contributed by atoms with Gasteiger partial charge in [-0.2, -0.15) is 4.98 Å². The molecule has 1 aromatic carbocycles. The molecular formula is C16H23N3O. The molecule has 0 saturated heterocycles. The van der Waals surface area contributed by atoms with Crippen molar-refractivity contribution in [1.82, 2.24) is 15.5 Å². The van der Waals surface area contributed by atoms with E-state index in [1.54, 1.807) is 0 Å². The fourth-order valence-corrected chi connectivity index (χ4v) is 2.38. The van der Waals surface area contributed by atoms with E-state index in [0.717, 1.165) is 25.2 Å². The Morgan fingerprint density at radius 3 is 2.60 bits per heavy atom. The van der Waals surface area contributed by atoms with Crippen molar-refractivity contribution in [2.24, 2.45) is 0 Å². The highest BCUT2D eigenvalue weighted by Gasteiger charge is 2.24. The Balaban J connectivity index is 2.19. The molecule has 1 aromatic heterocycles. The van der Waals surface area contributed by atoms with Crippen LogP contribution < -0.4 is 5.32 Å². The normalized spacial score (nSPS) is 14.2. The van der Waals surface area contributed by atoms with Gasteiger partial charge in [-0.25, -0.2) is 0 Å². The first kappa shape index (κ1) is 14.7. The number of aryl methyl sites for hydroxylation is 1. The second-order valence-corrected chi connectivity index (χ2v) is 5.03. The fourth-order valence-electron chi connectivity index (χ4n) is 2.38. The van der Waals surface area contributed by atoms with Gasteiger partial charge in [0.25, 0.3) is 0 Å². The molecule has 4 heteroatoms. The highest BCUT2D eigenvalue weighted by molar-refractivity contribution is 5.22. The van der Waals surface area contributed by atoms with Crippen LogP contribution in [0.3, 0.4) is 0 Å². The van der Waals surface area contributed by atoms with Gasteiger partial charge >= 0.3 is 0 Å². The average molecular weight is 273 g/mol. The number of hydrogen-bond acceptors (Lipinski definition) is 4. The number of hydrogen-bond donors (Lipinski definition) is 1. The van der Waals surface area contributed by atoms with Crippen LogP contribution in [0, 0.1) is 0 Å². The Hall–Kier alpha value is -1.68. The van der Waals surface area contributed by atoms with Crippen LogP contribution in [0.1, 0.15) is 56.4 Å². The molecule has 2 atom stereocenters. The molecule has 1 N–H and O–H groups in total. The van der Waals surface area contributed by atoms with E-state index in [4.69, 9.17) is 4.52 Å². The van der Waals surface area contributed by atoms with Gasteiger partial charge in [-0.15, -0.1) is 0 Å². The maximum Gasteiger partial charge on any atom is 0.231 e. The highest BCUT2D eigenvalue weighted by Crippen LogP contribution is 2.29. The van der Waals surface area contributed by atoms with Gasteiger partial charge in [0, 0.05) is 12.5 Å². The van der Waals surface area contributed by atoms with Gasteiger partial charge in [0.15, 0.2) is 5.82 Å². The Kier molecular flexibility index (Phi) is 5.30. The summed E-state index contributed by atoms with van der Waals surface area (Å²) < 4.78 is 5.43. The zero-order chi connectivity index (χ0) is 14.4. The van der Waals surface area contributed by atoms with Gasteiger partial charge in [0.2, 0.25) is 5.89 Å². The van der Waals surface area contributed by atoms with Crippen molar-refractivity contribution in [3.63, 3.8) is 0 Å². The van der Waals surface area contributed by atoms with E-state index < -0.39 is 0 Å². The standard InChI is InChI=1S/C16H23N3O/c1-4-9-14-18-16(20-19-14)12(3)15(17-5-2)13-10-7-6-8-11-13/h6-8,10-12,15,17H,4-5,9H2,1-3H3. The molecule has 0 saturated carbocycles. The minimum Gasteiger partial charge on any atom is -0.339 e. The molecule has 0 aliphatic carbocycles. The Morgan fingerprint density at radius 1 is 1.20 bits per heavy atom. The molecule has 0 aliphatic heterocycles. The Labute approximate surface area is 120 Å². The average Bonchev–Trinajstić information content (AvgIpc) is 2.94. The summed E-state index contributed by atoms with van der Waals surface area (Å²) in [5.74, 6) is 1.66. The van der Waals surface area contributed by atoms with E-state index in [9.17, 15) is 0 Å². The molecule has 0 aliphatic rings. The molecule has 20 heavy (non-hydrogen) atoms. The number of nitrogens with zero attached hydrogens (tertiary/aromatic N) is 2. The third-order valence-electron chi connectivity index (χ3n) is 3.43. The zero-order valence-electron chi connectivity index (χ0n) is 12.5. The molecule has 0 radical (unpaired) electrons. The van der Waals surface area contributed by atoms with Gasteiger partial charge in [0.05, 0.1) is 5.92 Å². The molecule has 0 amide bonds. The molecular weight excluding hydrogens is 250 g/mol. The van der Waals surface area contributed by atoms with E-state index in [2.05, 4.69) is 60.5 Å². The monoisotopic (exact) mass is 273 g/mol. The van der Waals surface area contributed by atoms with Crippen molar-refractivity contribution in [2.75, 3.05) is 6.54 Å². The fraction of sp³-hybridized carbons (Fsp3) is 0.500. The number of nitrogens with one attached hydrogen (secondary N) is 1. The van der Waals surface area contributed by atoms with Gasteiger partial charge in [0.1, 0.15) is 0 Å². The van der Waals surface area contributed by atoms with E-state index in [1.807, 2.05) is 6.07 Å². The summed E-state index contributed by atoms with van der Waals surface area (Å²) in [5.41, 5.74) is 1.25. The lowest BCUT2D eigenvalue weighted by Gasteiger charge is -2.22. The lowest BCUT2D eigenvalue weighted by molar-refractivity contribution is 0.325. The smallest absolute Gasteiger partial charge is 0.231 e. The molecule has 2 aromatic rings. The lowest BCUT2D eigenvalue weighted by atomic mass is 9.94. The first-order chi connectivity index (χ1) is 9.76. The largest absolute Gasteiger partial charge is 0.339 e. The summed E-state index contributed by atoms with van der Waals surface area (Å²) in [7, 11) is 0. The van der Waals surface area contributed by atoms with Gasteiger partial charge in [-0.3, -0.25) is 0 Å². The summed E-state index contributed by atoms with van der Waals surface area (Å²) in [4.78, 5) is 4.51. The van der Waals surface area contributed by atoms with Crippen LogP contribution in [0.5, 0.6) is 0 Å². The highest BCUT2D eigenvalue weighted by atomic mass is 16.5. The van der Waals surface area contributed by atoms with Crippen LogP contribution in [0.25, 0.3) is 0 Å². The Bertz CT molecular complexity index is 509. The molecule has 2 rings (SSSR count). The first-order valence-corrected chi connectivity index (χ1v) is 7.37. The Morgan fingerprint density at radius 2 is 1.95 bits per heavy atom. The second kappa shape index (κ2) is 7.20. The molecule has 0 fully saturated rings.